The molecule has 0 N–H and O–H groups in total. The summed E-state index contributed by atoms with van der Waals surface area (Å²) in [5.41, 5.74) is 0. The van der Waals surface area contributed by atoms with Gasteiger partial charge < -0.3 is 14.6 Å². The molecule has 0 saturated carbocycles. The fraction of sp³-hybridized carbons (Fsp3) is 0.250. The van der Waals surface area contributed by atoms with Crippen LogP contribution in [0.3, 0.4) is 0 Å². The molecule has 0 fully saturated rings. The molecule has 0 aliphatic rings. The molecular formula is C8H11O4-. The molecule has 0 unspecified atom stereocenters. The molecule has 0 bridgehead atoms. The third-order valence-corrected chi connectivity index (χ3v) is 0.620. The van der Waals surface area contributed by atoms with Crippen LogP contribution in [0, 0.1) is 0 Å². The molecule has 0 spiro atoms. The van der Waals surface area contributed by atoms with Crippen molar-refractivity contribution in [3.63, 3.8) is 0 Å². The fourth-order valence-electron chi connectivity index (χ4n) is 0.201. The van der Waals surface area contributed by atoms with Crippen molar-refractivity contribution in [2.75, 3.05) is 6.61 Å². The molecule has 0 heterocycles. The number of aliphatic carboxylic acids is 1. The Balaban J connectivity index is 0. The number of rotatable bonds is 3. The molecule has 0 atom stereocenters. The standard InChI is InChI=1S/C5H8O2.C3H4O2/c1-3-5(6)7-4-2;1-2-3(4)5/h3H,1,4H2,2H3;2H,1H2,(H,4,5)/p-1. The van der Waals surface area contributed by atoms with Gasteiger partial charge in [-0.3, -0.25) is 0 Å². The topological polar surface area (TPSA) is 66.4 Å². The number of hydrogen-bond acceptors (Lipinski definition) is 4. The van der Waals surface area contributed by atoms with E-state index in [-0.39, 0.29) is 5.97 Å². The number of hydrogen-bond donors (Lipinski definition) is 0. The van der Waals surface area contributed by atoms with E-state index in [0.29, 0.717) is 6.61 Å². The van der Waals surface area contributed by atoms with Crippen LogP contribution in [0.15, 0.2) is 25.3 Å². The van der Waals surface area contributed by atoms with Gasteiger partial charge in [0.2, 0.25) is 0 Å². The molecule has 0 aliphatic heterocycles. The van der Waals surface area contributed by atoms with E-state index in [4.69, 9.17) is 9.90 Å². The van der Waals surface area contributed by atoms with Crippen molar-refractivity contribution in [1.29, 1.82) is 0 Å². The second kappa shape index (κ2) is 9.42. The van der Waals surface area contributed by atoms with Crippen LogP contribution in [0.5, 0.6) is 0 Å². The van der Waals surface area contributed by atoms with Crippen LogP contribution in [0.4, 0.5) is 0 Å². The predicted octanol–water partition coefficient (Wildman–Crippen LogP) is -0.342. The lowest BCUT2D eigenvalue weighted by Crippen LogP contribution is -2.17. The zero-order chi connectivity index (χ0) is 9.98. The smallest absolute Gasteiger partial charge is 0.330 e. The summed E-state index contributed by atoms with van der Waals surface area (Å²) in [4.78, 5) is 19.2. The summed E-state index contributed by atoms with van der Waals surface area (Å²) >= 11 is 0. The third-order valence-electron chi connectivity index (χ3n) is 0.620. The van der Waals surface area contributed by atoms with E-state index < -0.39 is 5.97 Å². The summed E-state index contributed by atoms with van der Waals surface area (Å²) in [6.07, 6.45) is 1.86. The van der Waals surface area contributed by atoms with Gasteiger partial charge in [-0.25, -0.2) is 4.79 Å². The van der Waals surface area contributed by atoms with Crippen molar-refractivity contribution in [3.05, 3.63) is 25.3 Å². The van der Waals surface area contributed by atoms with Gasteiger partial charge in [-0.05, 0) is 13.0 Å². The number of carbonyl (C=O) groups excluding carboxylic acids is 2. The van der Waals surface area contributed by atoms with Crippen LogP contribution in [0.25, 0.3) is 0 Å². The molecule has 0 radical (unpaired) electrons. The van der Waals surface area contributed by atoms with Crippen molar-refractivity contribution in [2.45, 2.75) is 6.92 Å². The second-order valence-electron chi connectivity index (χ2n) is 1.48. The maximum Gasteiger partial charge on any atom is 0.330 e. The summed E-state index contributed by atoms with van der Waals surface area (Å²) in [6, 6.07) is 0. The fourth-order valence-corrected chi connectivity index (χ4v) is 0.201. The van der Waals surface area contributed by atoms with Crippen LogP contribution < -0.4 is 5.11 Å². The highest BCUT2D eigenvalue weighted by molar-refractivity contribution is 5.81. The average Bonchev–Trinajstić information content (AvgIpc) is 2.06. The minimum absolute atomic E-state index is 0.359. The molecule has 0 aromatic rings. The van der Waals surface area contributed by atoms with Crippen molar-refractivity contribution >= 4 is 11.9 Å². The number of carboxylic acids is 1. The second-order valence-corrected chi connectivity index (χ2v) is 1.48. The number of carboxylic acid groups (broad SMARTS) is 1. The Kier molecular flexibility index (Phi) is 10.2. The summed E-state index contributed by atoms with van der Waals surface area (Å²) < 4.78 is 4.43. The molecule has 4 heteroatoms. The number of carbonyl (C=O) groups is 2. The van der Waals surface area contributed by atoms with Gasteiger partial charge in [0, 0.05) is 6.08 Å². The minimum atomic E-state index is -1.23. The first kappa shape index (κ1) is 13.0. The summed E-state index contributed by atoms with van der Waals surface area (Å²) in [7, 11) is 0. The Morgan fingerprint density at radius 1 is 1.42 bits per heavy atom. The Labute approximate surface area is 71.2 Å². The Hall–Kier alpha value is -1.58. The highest BCUT2D eigenvalue weighted by Crippen LogP contribution is 1.74. The molecular weight excluding hydrogens is 160 g/mol. The Bertz CT molecular complexity index is 172. The predicted molar refractivity (Wildman–Crippen MR) is 42.0 cm³/mol. The van der Waals surface area contributed by atoms with Crippen molar-refractivity contribution in [3.8, 4) is 0 Å². The van der Waals surface area contributed by atoms with E-state index in [1.807, 2.05) is 0 Å². The normalized spacial score (nSPS) is 7.08. The first-order chi connectivity index (χ1) is 5.58. The van der Waals surface area contributed by atoms with E-state index in [9.17, 15) is 4.79 Å². The van der Waals surface area contributed by atoms with Gasteiger partial charge in [-0.15, -0.1) is 0 Å². The first-order valence-corrected chi connectivity index (χ1v) is 3.21. The van der Waals surface area contributed by atoms with Gasteiger partial charge in [-0.1, -0.05) is 13.2 Å². The molecule has 0 aliphatic carbocycles. The van der Waals surface area contributed by atoms with E-state index in [0.717, 1.165) is 12.2 Å². The molecule has 0 aromatic carbocycles. The molecule has 0 aromatic heterocycles. The molecule has 0 saturated heterocycles. The summed E-state index contributed by atoms with van der Waals surface area (Å²) in [5.74, 6) is -1.59. The van der Waals surface area contributed by atoms with Crippen molar-refractivity contribution in [1.82, 2.24) is 0 Å². The maximum atomic E-state index is 10.1. The van der Waals surface area contributed by atoms with Gasteiger partial charge in [0.05, 0.1) is 12.6 Å². The number of ether oxygens (including phenoxy) is 1. The van der Waals surface area contributed by atoms with Crippen molar-refractivity contribution in [2.24, 2.45) is 0 Å². The van der Waals surface area contributed by atoms with Gasteiger partial charge in [0.25, 0.3) is 0 Å². The van der Waals surface area contributed by atoms with E-state index in [1.165, 1.54) is 0 Å². The van der Waals surface area contributed by atoms with E-state index in [1.54, 1.807) is 6.92 Å². The highest BCUT2D eigenvalue weighted by Gasteiger charge is 1.86. The molecule has 68 valence electrons. The van der Waals surface area contributed by atoms with Gasteiger partial charge in [0.1, 0.15) is 0 Å². The Morgan fingerprint density at radius 2 is 1.83 bits per heavy atom. The van der Waals surface area contributed by atoms with Crippen LogP contribution in [0.2, 0.25) is 0 Å². The lowest BCUT2D eigenvalue weighted by molar-refractivity contribution is -0.297. The summed E-state index contributed by atoms with van der Waals surface area (Å²) in [6.45, 7) is 8.28. The molecule has 0 amide bonds. The zero-order valence-electron chi connectivity index (χ0n) is 6.91. The average molecular weight is 171 g/mol. The largest absolute Gasteiger partial charge is 0.545 e. The van der Waals surface area contributed by atoms with Gasteiger partial charge in [-0.2, -0.15) is 0 Å². The van der Waals surface area contributed by atoms with Gasteiger partial charge >= 0.3 is 5.97 Å². The van der Waals surface area contributed by atoms with Crippen LogP contribution in [0.1, 0.15) is 6.92 Å². The maximum absolute atomic E-state index is 10.1. The van der Waals surface area contributed by atoms with E-state index >= 15 is 0 Å². The lowest BCUT2D eigenvalue weighted by atomic mass is 10.6. The van der Waals surface area contributed by atoms with Crippen LogP contribution >= 0.6 is 0 Å². The third kappa shape index (κ3) is 15.8. The van der Waals surface area contributed by atoms with Crippen molar-refractivity contribution < 1.29 is 19.4 Å². The quantitative estimate of drug-likeness (QED) is 0.430. The minimum Gasteiger partial charge on any atom is -0.545 e. The van der Waals surface area contributed by atoms with Gasteiger partial charge in [0.15, 0.2) is 0 Å². The zero-order valence-corrected chi connectivity index (χ0v) is 6.91. The SMILES string of the molecule is C=CC(=O)OCC.C=CC(=O)[O-]. The Morgan fingerprint density at radius 3 is 1.92 bits per heavy atom. The first-order valence-electron chi connectivity index (χ1n) is 3.21. The van der Waals surface area contributed by atoms with Crippen LogP contribution in [-0.2, 0) is 14.3 Å². The molecule has 0 rings (SSSR count). The van der Waals surface area contributed by atoms with E-state index in [2.05, 4.69) is 17.9 Å². The molecule has 4 nitrogen and oxygen atoms in total. The number of esters is 1. The lowest BCUT2D eigenvalue weighted by Gasteiger charge is -1.90. The highest BCUT2D eigenvalue weighted by atomic mass is 16.5. The summed E-state index contributed by atoms with van der Waals surface area (Å²) in [5, 5.41) is 9.14. The molecule has 12 heavy (non-hydrogen) atoms. The van der Waals surface area contributed by atoms with Crippen LogP contribution in [-0.4, -0.2) is 18.5 Å². The monoisotopic (exact) mass is 171 g/mol.